The van der Waals surface area contributed by atoms with Gasteiger partial charge in [-0.05, 0) is 12.8 Å². The molecule has 264 valence electrons. The third-order valence-electron chi connectivity index (χ3n) is 9.31. The van der Waals surface area contributed by atoms with Crippen molar-refractivity contribution in [2.45, 2.75) is 131 Å². The molecule has 2 aromatic rings. The second-order valence-electron chi connectivity index (χ2n) is 13.1. The fraction of sp³-hybridized carbons (Fsp3) is 0.737. The number of anilines is 1. The van der Waals surface area contributed by atoms with Crippen molar-refractivity contribution in [1.29, 1.82) is 0 Å². The van der Waals surface area contributed by atoms with Gasteiger partial charge >= 0.3 is 262 Å². The molecule has 46 heavy (non-hydrogen) atoms. The Balaban J connectivity index is 0.00000160. The molecule has 0 aromatic heterocycles. The average Bonchev–Trinajstić information content (AvgIpc) is 3.67. The van der Waals surface area contributed by atoms with Crippen molar-refractivity contribution in [3.63, 3.8) is 0 Å². The Bertz CT molecular complexity index is 1050. The fourth-order valence-corrected chi connectivity index (χ4v) is 22.0. The Kier molecular flexibility index (Phi) is 25.1. The Morgan fingerprint density at radius 1 is 0.717 bits per heavy atom. The fourth-order valence-electron chi connectivity index (χ4n) is 6.49. The van der Waals surface area contributed by atoms with Gasteiger partial charge in [-0.25, -0.2) is 0 Å². The van der Waals surface area contributed by atoms with Crippen LogP contribution in [0.4, 0.5) is 11.4 Å². The summed E-state index contributed by atoms with van der Waals surface area (Å²) < 4.78 is 13.8. The number of hydrogen-bond donors (Lipinski definition) is 0. The van der Waals surface area contributed by atoms with Gasteiger partial charge in [-0.3, -0.25) is 0 Å². The van der Waals surface area contributed by atoms with E-state index in [4.69, 9.17) is 19.5 Å². The number of hydrogen-bond acceptors (Lipinski definition) is 3. The van der Waals surface area contributed by atoms with E-state index in [-0.39, 0.29) is 12.4 Å². The molecule has 0 atom stereocenters. The van der Waals surface area contributed by atoms with Crippen molar-refractivity contribution in [2.24, 2.45) is 4.74 Å². The van der Waals surface area contributed by atoms with Crippen LogP contribution in [0.2, 0.25) is 0 Å². The van der Waals surface area contributed by atoms with E-state index >= 15 is 0 Å². The predicted molar refractivity (Wildman–Crippen MR) is 213 cm³/mol. The van der Waals surface area contributed by atoms with Crippen molar-refractivity contribution >= 4 is 61.3 Å². The van der Waals surface area contributed by atoms with Crippen LogP contribution in [0.15, 0.2) is 41.1 Å². The minimum atomic E-state index is -1.43. The number of nitrogens with zero attached hydrogens (tertiary/aromatic N) is 2. The van der Waals surface area contributed by atoms with Gasteiger partial charge in [0.15, 0.2) is 0 Å². The topological polar surface area (TPSA) is 24.8 Å². The van der Waals surface area contributed by atoms with E-state index in [0.717, 1.165) is 13.2 Å². The Morgan fingerprint density at radius 2 is 1.17 bits per heavy atom. The van der Waals surface area contributed by atoms with Crippen LogP contribution >= 0.6 is 24.5 Å². The first-order valence-electron chi connectivity index (χ1n) is 18.7. The molecule has 1 aliphatic rings. The second kappa shape index (κ2) is 26.1. The summed E-state index contributed by atoms with van der Waals surface area (Å²) >= 11 is -0.771. The van der Waals surface area contributed by atoms with Crippen LogP contribution in [-0.2, 0) is 4.74 Å². The molecule has 1 heterocycles. The van der Waals surface area contributed by atoms with Gasteiger partial charge in [0.1, 0.15) is 0 Å². The van der Waals surface area contributed by atoms with Gasteiger partial charge < -0.3 is 17.1 Å². The van der Waals surface area contributed by atoms with Crippen LogP contribution in [-0.4, -0.2) is 64.9 Å². The van der Waals surface area contributed by atoms with Crippen molar-refractivity contribution < 1.29 is 17.1 Å². The number of fused-ring (bicyclic) bond motifs is 1. The van der Waals surface area contributed by atoms with Crippen LogP contribution in [0, 0.1) is 0 Å². The van der Waals surface area contributed by atoms with Crippen molar-refractivity contribution in [2.75, 3.05) is 53.8 Å². The summed E-state index contributed by atoms with van der Waals surface area (Å²) in [5.74, 6) is 0. The summed E-state index contributed by atoms with van der Waals surface area (Å²) in [7, 11) is 4.36. The first-order valence-corrected chi connectivity index (χ1v) is 27.0. The molecule has 0 spiro atoms. The summed E-state index contributed by atoms with van der Waals surface area (Å²) in [6.45, 7) is 16.1. The van der Waals surface area contributed by atoms with Crippen molar-refractivity contribution in [3.8, 4) is 0 Å². The molecule has 0 unspecified atom stereocenters. The molecule has 1 aliphatic heterocycles. The Hall–Kier alpha value is 0.243. The minimum Gasteiger partial charge on any atom is -1.00 e. The maximum Gasteiger partial charge on any atom is -1.00 e. The molecule has 0 bridgehead atoms. The van der Waals surface area contributed by atoms with E-state index in [1.807, 2.05) is 0 Å². The molecule has 3 rings (SSSR count). The molecule has 0 saturated carbocycles. The van der Waals surface area contributed by atoms with Gasteiger partial charge in [-0.2, -0.15) is 0 Å². The first-order chi connectivity index (χ1) is 22.0. The van der Waals surface area contributed by atoms with Gasteiger partial charge in [0.25, 0.3) is 0 Å². The maximum atomic E-state index is 7.17. The van der Waals surface area contributed by atoms with Crippen molar-refractivity contribution in [3.05, 3.63) is 36.4 Å². The molecular formula is C38H68Cl2GeN2OP2. The van der Waals surface area contributed by atoms with Crippen LogP contribution in [0.5, 0.6) is 0 Å². The quantitative estimate of drug-likeness (QED) is 0.0879. The summed E-state index contributed by atoms with van der Waals surface area (Å²) in [6.07, 6.45) is 26.1. The first kappa shape index (κ1) is 44.3. The van der Waals surface area contributed by atoms with E-state index in [1.165, 1.54) is 149 Å². The van der Waals surface area contributed by atoms with Gasteiger partial charge in [-0.15, -0.1) is 0 Å². The number of rotatable bonds is 22. The average molecular weight is 774 g/mol. The number of unbranched alkanes of at least 4 members (excludes halogenated alkanes) is 6. The third kappa shape index (κ3) is 14.2. The van der Waals surface area contributed by atoms with Crippen LogP contribution < -0.4 is 16.0 Å². The van der Waals surface area contributed by atoms with E-state index in [2.05, 4.69) is 81.6 Å². The van der Waals surface area contributed by atoms with Crippen LogP contribution in [0.25, 0.3) is 10.8 Å². The smallest absolute Gasteiger partial charge is 1.00 e. The molecule has 2 aromatic carbocycles. The SMILES string of the molecule is C1CCOC1.CCCCP(CCCC)(CCCC)=Nc1cccc2cccc([N]([Ge][Cl])[P+](CCCC)(CCCC)CCCC)c12.[Cl-]. The monoisotopic (exact) mass is 774 g/mol. The van der Waals surface area contributed by atoms with Gasteiger partial charge in [0.05, 0.1) is 0 Å². The molecule has 0 aliphatic carbocycles. The molecule has 1 fully saturated rings. The zero-order valence-corrected chi connectivity index (χ0v) is 35.9. The zero-order valence-electron chi connectivity index (χ0n) is 30.5. The van der Waals surface area contributed by atoms with Gasteiger partial charge in [-0.1, -0.05) is 0 Å². The minimum absolute atomic E-state index is 0. The van der Waals surface area contributed by atoms with E-state index < -0.39 is 29.2 Å². The molecule has 0 amide bonds. The summed E-state index contributed by atoms with van der Waals surface area (Å²) in [5.41, 5.74) is 2.69. The number of halogens is 2. The summed E-state index contributed by atoms with van der Waals surface area (Å²) in [4.78, 5) is 0. The van der Waals surface area contributed by atoms with Gasteiger partial charge in [0, 0.05) is 13.2 Å². The molecule has 2 radical (unpaired) electrons. The normalized spacial score (nSPS) is 13.3. The molecular weight excluding hydrogens is 706 g/mol. The van der Waals surface area contributed by atoms with Crippen LogP contribution in [0.1, 0.15) is 131 Å². The van der Waals surface area contributed by atoms with Crippen molar-refractivity contribution in [1.82, 2.24) is 0 Å². The number of benzene rings is 2. The van der Waals surface area contributed by atoms with Gasteiger partial charge in [0.2, 0.25) is 0 Å². The third-order valence-corrected chi connectivity index (χ3v) is 23.4. The van der Waals surface area contributed by atoms with Crippen LogP contribution in [0.3, 0.4) is 0 Å². The van der Waals surface area contributed by atoms with E-state index in [1.54, 1.807) is 0 Å². The number of ether oxygens (including phenoxy) is 1. The Morgan fingerprint density at radius 3 is 1.57 bits per heavy atom. The zero-order chi connectivity index (χ0) is 32.8. The second-order valence-corrected chi connectivity index (χ2v) is 23.7. The summed E-state index contributed by atoms with van der Waals surface area (Å²) in [5, 5.41) is 2.75. The molecule has 0 N–H and O–H groups in total. The van der Waals surface area contributed by atoms with E-state index in [0.29, 0.717) is 0 Å². The van der Waals surface area contributed by atoms with E-state index in [9.17, 15) is 0 Å². The standard InChI is InChI=1S/C34H60ClGeN2P2.C4H8O.ClH/c1-7-13-25-39(26-14-8-2,27-15-9-3)37-32-23-19-21-31-22-20-24-33(34(31)32)38(36-35)40(28-16-10-4,29-17-11-5)30-18-12-6;1-2-4-5-3-1;/h19-24H,7-18,25-30H2,1-6H3;1-4H2;1H/q+1;;/p-1. The maximum absolute atomic E-state index is 7.17. The largest absolute Gasteiger partial charge is 1.00 e. The molecule has 3 nitrogen and oxygen atoms in total. The molecule has 8 heteroatoms. The Labute approximate surface area is 303 Å². The molecule has 1 saturated heterocycles. The summed E-state index contributed by atoms with van der Waals surface area (Å²) in [6, 6.07) is 13.9. The predicted octanol–water partition coefficient (Wildman–Crippen LogP) is 10.8.